The quantitative estimate of drug-likeness (QED) is 0.564. The van der Waals surface area contributed by atoms with Crippen molar-refractivity contribution in [2.24, 2.45) is 0 Å². The van der Waals surface area contributed by atoms with Gasteiger partial charge in [0, 0.05) is 37.7 Å². The highest BCUT2D eigenvalue weighted by atomic mass is 16.5. The van der Waals surface area contributed by atoms with Gasteiger partial charge in [-0.2, -0.15) is 5.26 Å². The average Bonchev–Trinajstić information content (AvgIpc) is 3.37. The molecular formula is C29H30N6O2. The molecule has 2 atom stereocenters. The number of carbonyl (C=O) groups is 1. The fourth-order valence-electron chi connectivity index (χ4n) is 5.03. The van der Waals surface area contributed by atoms with Gasteiger partial charge in [0.1, 0.15) is 17.9 Å². The third-order valence-electron chi connectivity index (χ3n) is 7.13. The number of allylic oxidation sites excluding steroid dienone is 1. The number of nitriles is 1. The Morgan fingerprint density at radius 3 is 2.73 bits per heavy atom. The molecule has 188 valence electrons. The first-order valence-corrected chi connectivity index (χ1v) is 12.5. The molecule has 1 aliphatic heterocycles. The molecule has 1 saturated heterocycles. The summed E-state index contributed by atoms with van der Waals surface area (Å²) in [6.45, 7) is 6.03. The molecule has 8 nitrogen and oxygen atoms in total. The molecule has 0 saturated carbocycles. The van der Waals surface area contributed by atoms with Gasteiger partial charge >= 0.3 is 6.03 Å². The van der Waals surface area contributed by atoms with Crippen molar-refractivity contribution in [2.75, 3.05) is 31.6 Å². The number of hydrogen-bond donors (Lipinski definition) is 1. The fourth-order valence-corrected chi connectivity index (χ4v) is 5.03. The number of carbonyl (C=O) groups excluding carboxylic acids is 1. The average molecular weight is 495 g/mol. The molecule has 2 aromatic carbocycles. The normalized spacial score (nSPS) is 17.5. The summed E-state index contributed by atoms with van der Waals surface area (Å²) >= 11 is 0. The van der Waals surface area contributed by atoms with E-state index in [1.807, 2.05) is 60.4 Å². The smallest absolute Gasteiger partial charge is 0.318 e. The zero-order valence-electron chi connectivity index (χ0n) is 21.3. The summed E-state index contributed by atoms with van der Waals surface area (Å²) in [7, 11) is 1.64. The Morgan fingerprint density at radius 2 is 2.00 bits per heavy atom. The maximum absolute atomic E-state index is 13.1. The van der Waals surface area contributed by atoms with Crippen LogP contribution in [0.5, 0.6) is 5.75 Å². The molecule has 1 N–H and O–H groups in total. The highest BCUT2D eigenvalue weighted by Gasteiger charge is 2.31. The lowest BCUT2D eigenvalue weighted by atomic mass is 10.0. The molecule has 1 aliphatic carbocycles. The van der Waals surface area contributed by atoms with Gasteiger partial charge in [0.05, 0.1) is 30.5 Å². The van der Waals surface area contributed by atoms with Crippen LogP contribution < -0.4 is 15.0 Å². The fraction of sp³-hybridized carbons (Fsp3) is 0.310. The first-order chi connectivity index (χ1) is 18.0. The summed E-state index contributed by atoms with van der Waals surface area (Å²) in [5.41, 5.74) is 5.94. The molecule has 0 bridgehead atoms. The Morgan fingerprint density at radius 1 is 1.19 bits per heavy atom. The molecule has 1 aromatic heterocycles. The van der Waals surface area contributed by atoms with Crippen LogP contribution in [0, 0.1) is 11.3 Å². The second-order valence-corrected chi connectivity index (χ2v) is 9.53. The highest BCUT2D eigenvalue weighted by molar-refractivity contribution is 5.91. The van der Waals surface area contributed by atoms with E-state index in [1.165, 1.54) is 5.57 Å². The molecule has 2 aliphatic rings. The topological polar surface area (TPSA) is 94.4 Å². The third kappa shape index (κ3) is 4.98. The Bertz CT molecular complexity index is 1380. The molecule has 1 fully saturated rings. The van der Waals surface area contributed by atoms with Crippen LogP contribution in [0.4, 0.5) is 10.6 Å². The maximum Gasteiger partial charge on any atom is 0.318 e. The molecular weight excluding hydrogens is 464 g/mol. The largest absolute Gasteiger partial charge is 0.497 e. The van der Waals surface area contributed by atoms with E-state index < -0.39 is 0 Å². The third-order valence-corrected chi connectivity index (χ3v) is 7.13. The summed E-state index contributed by atoms with van der Waals surface area (Å²) < 4.78 is 5.32. The summed E-state index contributed by atoms with van der Waals surface area (Å²) in [4.78, 5) is 26.4. The molecule has 2 heterocycles. The second kappa shape index (κ2) is 10.3. The number of urea groups is 1. The first-order valence-electron chi connectivity index (χ1n) is 12.5. The molecule has 2 amide bonds. The number of nitrogens with one attached hydrogen (secondary N) is 1. The van der Waals surface area contributed by atoms with Gasteiger partial charge in [-0.15, -0.1) is 0 Å². The number of aromatic nitrogens is 2. The van der Waals surface area contributed by atoms with Crippen LogP contribution in [0.15, 0.2) is 54.9 Å². The van der Waals surface area contributed by atoms with Crippen LogP contribution in [0.1, 0.15) is 47.8 Å². The molecule has 0 radical (unpaired) electrons. The highest BCUT2D eigenvalue weighted by Crippen LogP contribution is 2.35. The van der Waals surface area contributed by atoms with E-state index in [9.17, 15) is 4.79 Å². The lowest BCUT2D eigenvalue weighted by molar-refractivity contribution is 0.168. The van der Waals surface area contributed by atoms with E-state index >= 15 is 0 Å². The predicted molar refractivity (Wildman–Crippen MR) is 143 cm³/mol. The Balaban J connectivity index is 1.27. The number of anilines is 1. The van der Waals surface area contributed by atoms with Crippen molar-refractivity contribution >= 4 is 23.5 Å². The lowest BCUT2D eigenvalue weighted by Gasteiger charge is -2.41. The van der Waals surface area contributed by atoms with E-state index in [4.69, 9.17) is 10.00 Å². The van der Waals surface area contributed by atoms with Crippen molar-refractivity contribution in [1.82, 2.24) is 20.2 Å². The monoisotopic (exact) mass is 494 g/mol. The van der Waals surface area contributed by atoms with Gasteiger partial charge in [0.25, 0.3) is 0 Å². The first kappa shape index (κ1) is 24.3. The van der Waals surface area contributed by atoms with Crippen molar-refractivity contribution in [2.45, 2.75) is 32.4 Å². The van der Waals surface area contributed by atoms with Gasteiger partial charge in [-0.3, -0.25) is 0 Å². The summed E-state index contributed by atoms with van der Waals surface area (Å²) in [6.07, 6.45) is 4.52. The van der Waals surface area contributed by atoms with Gasteiger partial charge < -0.3 is 19.9 Å². The van der Waals surface area contributed by atoms with Crippen LogP contribution in [0.2, 0.25) is 0 Å². The number of ether oxygens (including phenoxy) is 1. The number of hydrogen-bond acceptors (Lipinski definition) is 6. The van der Waals surface area contributed by atoms with Gasteiger partial charge in [-0.25, -0.2) is 14.8 Å². The zero-order valence-corrected chi connectivity index (χ0v) is 21.3. The predicted octanol–water partition coefficient (Wildman–Crippen LogP) is 4.43. The van der Waals surface area contributed by atoms with Crippen molar-refractivity contribution in [1.29, 1.82) is 5.26 Å². The van der Waals surface area contributed by atoms with Crippen LogP contribution in [-0.2, 0) is 6.42 Å². The number of nitrogens with zero attached hydrogens (tertiary/aromatic N) is 5. The Kier molecular flexibility index (Phi) is 6.78. The standard InChI is InChI=1S/C29H30N6O2/c1-19-17-34(11-12-35(19)29(36)33-20(2)23-5-4-6-25(13-23)37-3)28-26-14-24(15-27(26)31-18-32-28)22-9-7-21(16-30)8-10-22/h4-10,13-14,18-20H,11-12,15,17H2,1-3H3,(H,33,36)/t19-,20+/m1/s1. The van der Waals surface area contributed by atoms with Crippen molar-refractivity contribution in [3.63, 3.8) is 0 Å². The van der Waals surface area contributed by atoms with E-state index in [0.29, 0.717) is 25.2 Å². The van der Waals surface area contributed by atoms with Crippen LogP contribution in [-0.4, -0.2) is 53.7 Å². The number of fused-ring (bicyclic) bond motifs is 1. The molecule has 37 heavy (non-hydrogen) atoms. The minimum absolute atomic E-state index is 0.0141. The van der Waals surface area contributed by atoms with Gasteiger partial charge in [-0.1, -0.05) is 24.3 Å². The summed E-state index contributed by atoms with van der Waals surface area (Å²) in [6, 6.07) is 17.4. The molecule has 0 spiro atoms. The SMILES string of the molecule is COc1cccc([C@H](C)NC(=O)N2CCN(c3ncnc4c3C=C(c3ccc(C#N)cc3)C4)C[C@H]2C)c1. The summed E-state index contributed by atoms with van der Waals surface area (Å²) in [5.74, 6) is 1.68. The van der Waals surface area contributed by atoms with Crippen molar-refractivity contribution in [3.05, 3.63) is 82.8 Å². The number of piperazine rings is 1. The minimum Gasteiger partial charge on any atom is -0.497 e. The maximum atomic E-state index is 13.1. The van der Waals surface area contributed by atoms with E-state index in [2.05, 4.69) is 39.3 Å². The van der Waals surface area contributed by atoms with Gasteiger partial charge in [-0.05, 0) is 60.9 Å². The number of amides is 2. The number of rotatable bonds is 5. The Hall–Kier alpha value is -4.38. The Labute approximate surface area is 217 Å². The molecule has 0 unspecified atom stereocenters. The number of benzene rings is 2. The van der Waals surface area contributed by atoms with Crippen molar-refractivity contribution < 1.29 is 9.53 Å². The second-order valence-electron chi connectivity index (χ2n) is 9.53. The van der Waals surface area contributed by atoms with Gasteiger partial charge in [0.2, 0.25) is 0 Å². The molecule has 8 heteroatoms. The summed E-state index contributed by atoms with van der Waals surface area (Å²) in [5, 5.41) is 12.2. The van der Waals surface area contributed by atoms with Crippen molar-refractivity contribution in [3.8, 4) is 11.8 Å². The van der Waals surface area contributed by atoms with Crippen LogP contribution in [0.25, 0.3) is 11.6 Å². The molecule has 3 aromatic rings. The van der Waals surface area contributed by atoms with E-state index in [-0.39, 0.29) is 18.1 Å². The van der Waals surface area contributed by atoms with Crippen LogP contribution in [0.3, 0.4) is 0 Å². The van der Waals surface area contributed by atoms with Gasteiger partial charge in [0.15, 0.2) is 0 Å². The molecule has 5 rings (SSSR count). The minimum atomic E-state index is -0.135. The van der Waals surface area contributed by atoms with Crippen LogP contribution >= 0.6 is 0 Å². The zero-order chi connectivity index (χ0) is 25.9. The number of methoxy groups -OCH3 is 1. The van der Waals surface area contributed by atoms with E-state index in [1.54, 1.807) is 13.4 Å². The lowest BCUT2D eigenvalue weighted by Crippen LogP contribution is -2.57. The van der Waals surface area contributed by atoms with E-state index in [0.717, 1.165) is 40.4 Å².